The molecule has 1 aromatic carbocycles. The third-order valence-electron chi connectivity index (χ3n) is 4.02. The molecular formula is C19H24O6. The topological polar surface area (TPSA) is 63.2 Å². The lowest BCUT2D eigenvalue weighted by Gasteiger charge is -2.24. The maximum atomic E-state index is 11.6. The molecule has 0 aliphatic carbocycles. The number of hydrogen-bond donors (Lipinski definition) is 0. The summed E-state index contributed by atoms with van der Waals surface area (Å²) in [4.78, 5) is 11.6. The van der Waals surface area contributed by atoms with Crippen molar-refractivity contribution in [3.63, 3.8) is 0 Å². The molecule has 0 aromatic heterocycles. The summed E-state index contributed by atoms with van der Waals surface area (Å²) in [6, 6.07) is 9.87. The lowest BCUT2D eigenvalue weighted by atomic mass is 10.1. The van der Waals surface area contributed by atoms with Crippen LogP contribution in [0.4, 0.5) is 0 Å². The highest BCUT2D eigenvalue weighted by atomic mass is 16.8. The molecule has 0 spiro atoms. The predicted molar refractivity (Wildman–Crippen MR) is 89.5 cm³/mol. The fourth-order valence-electron chi connectivity index (χ4n) is 2.98. The molecule has 2 fully saturated rings. The lowest BCUT2D eigenvalue weighted by molar-refractivity contribution is -0.213. The van der Waals surface area contributed by atoms with Crippen LogP contribution in [0.3, 0.4) is 0 Å². The number of esters is 1. The van der Waals surface area contributed by atoms with Crippen molar-refractivity contribution in [3.8, 4) is 0 Å². The molecule has 0 bridgehead atoms. The van der Waals surface area contributed by atoms with E-state index < -0.39 is 24.2 Å². The number of fused-ring (bicyclic) bond motifs is 1. The zero-order valence-electron chi connectivity index (χ0n) is 14.7. The van der Waals surface area contributed by atoms with Gasteiger partial charge in [0.15, 0.2) is 12.1 Å². The van der Waals surface area contributed by atoms with E-state index in [9.17, 15) is 4.79 Å². The second-order valence-corrected chi connectivity index (χ2v) is 6.44. The number of benzene rings is 1. The van der Waals surface area contributed by atoms with Gasteiger partial charge >= 0.3 is 5.97 Å². The molecular weight excluding hydrogens is 324 g/mol. The average molecular weight is 348 g/mol. The molecule has 0 saturated carbocycles. The number of carbonyl (C=O) groups is 1. The minimum Gasteiger partial charge on any atom is -0.463 e. The molecule has 0 radical (unpaired) electrons. The van der Waals surface area contributed by atoms with Crippen LogP contribution in [0.5, 0.6) is 0 Å². The van der Waals surface area contributed by atoms with Crippen LogP contribution in [-0.2, 0) is 35.1 Å². The van der Waals surface area contributed by atoms with Gasteiger partial charge in [-0.3, -0.25) is 0 Å². The van der Waals surface area contributed by atoms with Gasteiger partial charge in [-0.25, -0.2) is 4.79 Å². The van der Waals surface area contributed by atoms with Crippen molar-refractivity contribution >= 4 is 5.97 Å². The average Bonchev–Trinajstić information content (AvgIpc) is 3.03. The Labute approximate surface area is 147 Å². The summed E-state index contributed by atoms with van der Waals surface area (Å²) in [6.07, 6.45) is 1.31. The molecule has 25 heavy (non-hydrogen) atoms. The SMILES string of the molecule is CCOC(=O)/C=C\[C@H]1O[C@@H]2OC(C)(C)O[C@@H]2[C@H]1OCc1ccccc1. The van der Waals surface area contributed by atoms with E-state index in [1.807, 2.05) is 44.2 Å². The summed E-state index contributed by atoms with van der Waals surface area (Å²) in [7, 11) is 0. The maximum absolute atomic E-state index is 11.6. The van der Waals surface area contributed by atoms with Crippen molar-refractivity contribution in [1.82, 2.24) is 0 Å². The molecule has 2 saturated heterocycles. The van der Waals surface area contributed by atoms with E-state index >= 15 is 0 Å². The van der Waals surface area contributed by atoms with Crippen LogP contribution in [0, 0.1) is 0 Å². The number of carbonyl (C=O) groups excluding carboxylic acids is 1. The third kappa shape index (κ3) is 4.46. The van der Waals surface area contributed by atoms with Gasteiger partial charge in [-0.05, 0) is 32.4 Å². The fourth-order valence-corrected chi connectivity index (χ4v) is 2.98. The Kier molecular flexibility index (Phi) is 5.54. The summed E-state index contributed by atoms with van der Waals surface area (Å²) in [6.45, 7) is 6.19. The van der Waals surface area contributed by atoms with Crippen LogP contribution >= 0.6 is 0 Å². The fraction of sp³-hybridized carbons (Fsp3) is 0.526. The van der Waals surface area contributed by atoms with Gasteiger partial charge in [-0.15, -0.1) is 0 Å². The Balaban J connectivity index is 1.69. The van der Waals surface area contributed by atoms with Gasteiger partial charge in [0, 0.05) is 6.08 Å². The van der Waals surface area contributed by atoms with Crippen molar-refractivity contribution in [2.45, 2.75) is 57.8 Å². The molecule has 2 aliphatic rings. The maximum Gasteiger partial charge on any atom is 0.330 e. The molecule has 0 N–H and O–H groups in total. The van der Waals surface area contributed by atoms with Gasteiger partial charge in [-0.2, -0.15) is 0 Å². The first-order valence-electron chi connectivity index (χ1n) is 8.50. The lowest BCUT2D eigenvalue weighted by Crippen LogP contribution is -2.36. The Morgan fingerprint density at radius 2 is 2.00 bits per heavy atom. The van der Waals surface area contributed by atoms with Gasteiger partial charge < -0.3 is 23.7 Å². The first-order chi connectivity index (χ1) is 12.0. The zero-order valence-corrected chi connectivity index (χ0v) is 14.7. The molecule has 4 atom stereocenters. The number of ether oxygens (including phenoxy) is 5. The van der Waals surface area contributed by atoms with E-state index in [2.05, 4.69) is 0 Å². The van der Waals surface area contributed by atoms with E-state index in [4.69, 9.17) is 23.7 Å². The Morgan fingerprint density at radius 3 is 2.72 bits per heavy atom. The quantitative estimate of drug-likeness (QED) is 0.582. The van der Waals surface area contributed by atoms with Crippen molar-refractivity contribution in [2.24, 2.45) is 0 Å². The standard InChI is InChI=1S/C19H24O6/c1-4-21-15(20)11-10-14-16(22-12-13-8-6-5-7-9-13)17-18(23-14)25-19(2,3)24-17/h5-11,14,16-18H,4,12H2,1-3H3/b11-10-/t14-,16+,17-,18-/m1/s1. The second-order valence-electron chi connectivity index (χ2n) is 6.44. The van der Waals surface area contributed by atoms with E-state index in [1.54, 1.807) is 13.0 Å². The first kappa shape index (κ1) is 18.1. The molecule has 6 nitrogen and oxygen atoms in total. The molecule has 136 valence electrons. The van der Waals surface area contributed by atoms with E-state index in [0.29, 0.717) is 13.2 Å². The predicted octanol–water partition coefficient (Wildman–Crippen LogP) is 2.57. The van der Waals surface area contributed by atoms with Crippen molar-refractivity contribution in [1.29, 1.82) is 0 Å². The highest BCUT2D eigenvalue weighted by molar-refractivity contribution is 5.81. The Bertz CT molecular complexity index is 612. The molecule has 2 aliphatic heterocycles. The highest BCUT2D eigenvalue weighted by Gasteiger charge is 2.54. The van der Waals surface area contributed by atoms with Crippen LogP contribution in [-0.4, -0.2) is 43.0 Å². The summed E-state index contributed by atoms with van der Waals surface area (Å²) >= 11 is 0. The number of hydrogen-bond acceptors (Lipinski definition) is 6. The van der Waals surface area contributed by atoms with Gasteiger partial charge in [0.2, 0.25) is 0 Å². The van der Waals surface area contributed by atoms with Gasteiger partial charge in [0.1, 0.15) is 18.3 Å². The van der Waals surface area contributed by atoms with Gasteiger partial charge in [0.05, 0.1) is 13.2 Å². The van der Waals surface area contributed by atoms with Crippen LogP contribution in [0.2, 0.25) is 0 Å². The molecule has 3 rings (SSSR count). The summed E-state index contributed by atoms with van der Waals surface area (Å²) in [5.41, 5.74) is 1.05. The van der Waals surface area contributed by atoms with E-state index in [1.165, 1.54) is 6.08 Å². The molecule has 1 aromatic rings. The summed E-state index contributed by atoms with van der Waals surface area (Å²) < 4.78 is 28.6. The van der Waals surface area contributed by atoms with Crippen molar-refractivity contribution < 1.29 is 28.5 Å². The monoisotopic (exact) mass is 348 g/mol. The zero-order chi connectivity index (χ0) is 17.9. The third-order valence-corrected chi connectivity index (χ3v) is 4.02. The van der Waals surface area contributed by atoms with Crippen molar-refractivity contribution in [3.05, 3.63) is 48.0 Å². The van der Waals surface area contributed by atoms with Crippen molar-refractivity contribution in [2.75, 3.05) is 6.61 Å². The van der Waals surface area contributed by atoms with Crippen LogP contribution in [0.15, 0.2) is 42.5 Å². The minimum atomic E-state index is -0.723. The Morgan fingerprint density at radius 1 is 1.24 bits per heavy atom. The smallest absolute Gasteiger partial charge is 0.330 e. The Hall–Kier alpha value is -1.73. The number of rotatable bonds is 6. The first-order valence-corrected chi connectivity index (χ1v) is 8.50. The van der Waals surface area contributed by atoms with Crippen LogP contribution < -0.4 is 0 Å². The van der Waals surface area contributed by atoms with Crippen LogP contribution in [0.25, 0.3) is 0 Å². The summed E-state index contributed by atoms with van der Waals surface area (Å²) in [5.74, 6) is -1.13. The minimum absolute atomic E-state index is 0.328. The molecule has 6 heteroatoms. The van der Waals surface area contributed by atoms with Gasteiger partial charge in [-0.1, -0.05) is 30.3 Å². The molecule has 0 amide bonds. The summed E-state index contributed by atoms with van der Waals surface area (Å²) in [5, 5.41) is 0. The highest BCUT2D eigenvalue weighted by Crippen LogP contribution is 2.39. The second kappa shape index (κ2) is 7.66. The molecule has 2 heterocycles. The van der Waals surface area contributed by atoms with Gasteiger partial charge in [0.25, 0.3) is 0 Å². The normalized spacial score (nSPS) is 30.5. The van der Waals surface area contributed by atoms with Crippen LogP contribution in [0.1, 0.15) is 26.3 Å². The van der Waals surface area contributed by atoms with E-state index in [-0.39, 0.29) is 12.2 Å². The van der Waals surface area contributed by atoms with E-state index in [0.717, 1.165) is 5.56 Å². The molecule has 0 unspecified atom stereocenters. The largest absolute Gasteiger partial charge is 0.463 e.